The summed E-state index contributed by atoms with van der Waals surface area (Å²) in [5.41, 5.74) is 0.974. The zero-order valence-electron chi connectivity index (χ0n) is 15.4. The van der Waals surface area contributed by atoms with E-state index < -0.39 is 0 Å². The number of hydrogen-bond acceptors (Lipinski definition) is 6. The van der Waals surface area contributed by atoms with Gasteiger partial charge in [0.25, 0.3) is 0 Å². The van der Waals surface area contributed by atoms with Crippen LogP contribution in [0.2, 0.25) is 0 Å². The molecule has 0 spiro atoms. The molecule has 6 heteroatoms. The lowest BCUT2D eigenvalue weighted by Gasteiger charge is -2.17. The van der Waals surface area contributed by atoms with E-state index in [1.807, 2.05) is 0 Å². The molecule has 0 saturated carbocycles. The Hall–Kier alpha value is -4.32. The van der Waals surface area contributed by atoms with Crippen LogP contribution in [0.4, 0.5) is 0 Å². The van der Waals surface area contributed by atoms with Crippen molar-refractivity contribution in [1.82, 2.24) is 0 Å². The summed E-state index contributed by atoms with van der Waals surface area (Å²) in [5.74, 6) is 0. The molecular formula is C24H12O6. The van der Waals surface area contributed by atoms with Crippen molar-refractivity contribution < 1.29 is 28.8 Å². The maximum absolute atomic E-state index is 11.8. The van der Waals surface area contributed by atoms with Gasteiger partial charge in [0.05, 0.1) is 0 Å². The van der Waals surface area contributed by atoms with Gasteiger partial charge in [0.1, 0.15) is 0 Å². The first-order valence-corrected chi connectivity index (χ1v) is 8.65. The third-order valence-electron chi connectivity index (χ3n) is 4.75. The van der Waals surface area contributed by atoms with Gasteiger partial charge in [-0.3, -0.25) is 28.8 Å². The maximum atomic E-state index is 11.8. The van der Waals surface area contributed by atoms with Crippen LogP contribution in [-0.2, 0) is 9.59 Å². The van der Waals surface area contributed by atoms with Crippen LogP contribution in [-0.4, -0.2) is 37.7 Å². The van der Waals surface area contributed by atoms with E-state index in [9.17, 15) is 28.8 Å². The molecule has 0 amide bonds. The summed E-state index contributed by atoms with van der Waals surface area (Å²) in [7, 11) is 0. The van der Waals surface area contributed by atoms with Gasteiger partial charge in [-0.1, -0.05) is 42.5 Å². The average Bonchev–Trinajstić information content (AvgIpc) is 2.81. The maximum Gasteiger partial charge on any atom is 0.234 e. The van der Waals surface area contributed by atoms with Crippen LogP contribution in [0.1, 0.15) is 52.6 Å². The molecule has 0 atom stereocenters. The van der Waals surface area contributed by atoms with E-state index in [1.54, 1.807) is 24.7 Å². The summed E-state index contributed by atoms with van der Waals surface area (Å²) < 4.78 is 0. The Labute approximate surface area is 171 Å². The minimum atomic E-state index is -0.179. The van der Waals surface area contributed by atoms with Crippen molar-refractivity contribution in [2.24, 2.45) is 0 Å². The van der Waals surface area contributed by atoms with Gasteiger partial charge in [0, 0.05) is 38.9 Å². The Morgan fingerprint density at radius 2 is 1.13 bits per heavy atom. The van der Waals surface area contributed by atoms with Crippen LogP contribution in [0.3, 0.4) is 0 Å². The van der Waals surface area contributed by atoms with Gasteiger partial charge in [-0.25, -0.2) is 0 Å². The standard InChI is InChI=1S/C24H12O6/c25-9-15-3-1-5-18(21(15)12-28)20-8-7-17(11-27)23(14-30)24(20)19-6-2-4-16(10-26)22(19)13-29/h1-10,12-13H. The van der Waals surface area contributed by atoms with Crippen LogP contribution in [0, 0.1) is 0 Å². The van der Waals surface area contributed by atoms with Crippen LogP contribution >= 0.6 is 0 Å². The Kier molecular flexibility index (Phi) is 5.98. The van der Waals surface area contributed by atoms with Gasteiger partial charge < -0.3 is 0 Å². The van der Waals surface area contributed by atoms with Crippen molar-refractivity contribution in [1.29, 1.82) is 0 Å². The number of carbonyl (C=O) groups is 4. The van der Waals surface area contributed by atoms with Gasteiger partial charge in [-0.05, 0) is 22.8 Å². The van der Waals surface area contributed by atoms with Crippen molar-refractivity contribution in [3.63, 3.8) is 0 Å². The molecule has 0 aliphatic rings. The molecule has 144 valence electrons. The monoisotopic (exact) mass is 396 g/mol. The highest BCUT2D eigenvalue weighted by atomic mass is 16.1. The minimum Gasteiger partial charge on any atom is -0.298 e. The van der Waals surface area contributed by atoms with Gasteiger partial charge in [0.15, 0.2) is 25.1 Å². The lowest BCUT2D eigenvalue weighted by molar-refractivity contribution is 0.109. The van der Waals surface area contributed by atoms with E-state index in [1.165, 1.54) is 36.4 Å². The highest BCUT2D eigenvalue weighted by Gasteiger charge is 2.22. The van der Waals surface area contributed by atoms with Gasteiger partial charge in [-0.15, -0.1) is 0 Å². The van der Waals surface area contributed by atoms with Crippen molar-refractivity contribution in [2.45, 2.75) is 0 Å². The second-order valence-electron chi connectivity index (χ2n) is 6.20. The highest BCUT2D eigenvalue weighted by Crippen LogP contribution is 2.39. The summed E-state index contributed by atoms with van der Waals surface area (Å²) in [6.45, 7) is 0. The van der Waals surface area contributed by atoms with Crippen LogP contribution in [0.15, 0.2) is 48.5 Å². The molecule has 0 unspecified atom stereocenters. The Balaban J connectivity index is 2.54. The number of rotatable bonds is 8. The first-order chi connectivity index (χ1) is 14.6. The van der Waals surface area contributed by atoms with E-state index in [4.69, 9.17) is 0 Å². The third-order valence-corrected chi connectivity index (χ3v) is 4.75. The van der Waals surface area contributed by atoms with E-state index >= 15 is 0 Å². The fourth-order valence-electron chi connectivity index (χ4n) is 3.39. The minimum absolute atomic E-state index is 0.00694. The smallest absolute Gasteiger partial charge is 0.234 e. The second-order valence-corrected chi connectivity index (χ2v) is 6.20. The van der Waals surface area contributed by atoms with Gasteiger partial charge in [-0.2, -0.15) is 0 Å². The molecule has 0 aliphatic carbocycles. The number of hydrogen-bond donors (Lipinski definition) is 0. The number of carbonyl (C=O) groups excluding carboxylic acids is 6. The molecule has 6 nitrogen and oxygen atoms in total. The summed E-state index contributed by atoms with van der Waals surface area (Å²) in [6, 6.07) is 11.9. The van der Waals surface area contributed by atoms with Gasteiger partial charge >= 0.3 is 0 Å². The molecule has 3 aromatic rings. The first kappa shape index (κ1) is 20.4. The van der Waals surface area contributed by atoms with Crippen LogP contribution in [0.5, 0.6) is 0 Å². The van der Waals surface area contributed by atoms with Crippen molar-refractivity contribution in [3.05, 3.63) is 81.9 Å². The quantitative estimate of drug-likeness (QED) is 0.542. The van der Waals surface area contributed by atoms with E-state index in [0.717, 1.165) is 0 Å². The van der Waals surface area contributed by atoms with Crippen molar-refractivity contribution >= 4 is 37.7 Å². The Bertz CT molecular complexity index is 1210. The molecule has 0 N–H and O–H groups in total. The number of benzene rings is 3. The lowest BCUT2D eigenvalue weighted by atomic mass is 9.84. The second kappa shape index (κ2) is 8.79. The van der Waals surface area contributed by atoms with Gasteiger partial charge in [0.2, 0.25) is 12.6 Å². The van der Waals surface area contributed by atoms with E-state index in [0.29, 0.717) is 36.3 Å². The summed E-state index contributed by atoms with van der Waals surface area (Å²) in [5, 5.41) is 0. The van der Waals surface area contributed by atoms with Crippen LogP contribution < -0.4 is 0 Å². The molecule has 0 fully saturated rings. The molecule has 2 radical (unpaired) electrons. The predicted molar refractivity (Wildman–Crippen MR) is 108 cm³/mol. The van der Waals surface area contributed by atoms with E-state index in [-0.39, 0.29) is 44.5 Å². The normalized spacial score (nSPS) is 10.1. The molecule has 0 saturated heterocycles. The SMILES string of the molecule is O=[C]c1ccc(-c2cccc(C=O)c2C=O)c(-c2cccc(C=O)c2C=O)c1[C]=O. The highest BCUT2D eigenvalue weighted by molar-refractivity contribution is 6.09. The number of aldehydes is 4. The molecule has 0 bridgehead atoms. The van der Waals surface area contributed by atoms with Crippen molar-refractivity contribution in [2.75, 3.05) is 0 Å². The zero-order valence-corrected chi connectivity index (χ0v) is 15.4. The fraction of sp³-hybridized carbons (Fsp3) is 0. The largest absolute Gasteiger partial charge is 0.298 e. The first-order valence-electron chi connectivity index (χ1n) is 8.65. The fourth-order valence-corrected chi connectivity index (χ4v) is 3.39. The predicted octanol–water partition coefficient (Wildman–Crippen LogP) is 3.19. The Morgan fingerprint density at radius 1 is 0.567 bits per heavy atom. The molecule has 3 aromatic carbocycles. The van der Waals surface area contributed by atoms with E-state index in [2.05, 4.69) is 0 Å². The molecule has 0 aliphatic heterocycles. The Morgan fingerprint density at radius 3 is 1.63 bits per heavy atom. The molecular weight excluding hydrogens is 384 g/mol. The lowest BCUT2D eigenvalue weighted by Crippen LogP contribution is -2.04. The summed E-state index contributed by atoms with van der Waals surface area (Å²) in [6.07, 6.45) is 5.36. The molecule has 0 heterocycles. The summed E-state index contributed by atoms with van der Waals surface area (Å²) >= 11 is 0. The molecule has 30 heavy (non-hydrogen) atoms. The average molecular weight is 396 g/mol. The van der Waals surface area contributed by atoms with Crippen LogP contribution in [0.25, 0.3) is 22.3 Å². The topological polar surface area (TPSA) is 102 Å². The third kappa shape index (κ3) is 3.31. The molecule has 0 aromatic heterocycles. The molecule has 3 rings (SSSR count). The van der Waals surface area contributed by atoms with Crippen molar-refractivity contribution in [3.8, 4) is 22.3 Å². The summed E-state index contributed by atoms with van der Waals surface area (Å²) in [4.78, 5) is 69.5. The zero-order chi connectivity index (χ0) is 21.7.